The second kappa shape index (κ2) is 8.98. The molecule has 0 aliphatic rings. The molecule has 1 N–H and O–H groups in total. The molecule has 0 unspecified atom stereocenters. The number of fused-ring (bicyclic) bond motifs is 1. The lowest BCUT2D eigenvalue weighted by Crippen LogP contribution is -2.16. The van der Waals surface area contributed by atoms with Crippen molar-refractivity contribution in [2.24, 2.45) is 0 Å². The number of hydrogen-bond acceptors (Lipinski definition) is 5. The van der Waals surface area contributed by atoms with E-state index in [1.807, 2.05) is 30.3 Å². The number of anilines is 1. The van der Waals surface area contributed by atoms with E-state index in [0.717, 1.165) is 5.56 Å². The number of amides is 1. The largest absolute Gasteiger partial charge is 0.497 e. The Morgan fingerprint density at radius 3 is 2.38 bits per heavy atom. The molecule has 32 heavy (non-hydrogen) atoms. The lowest BCUT2D eigenvalue weighted by Gasteiger charge is -2.15. The van der Waals surface area contributed by atoms with Gasteiger partial charge in [0.25, 0.3) is 5.91 Å². The summed E-state index contributed by atoms with van der Waals surface area (Å²) in [5.41, 5.74) is 2.25. The quantitative estimate of drug-likeness (QED) is 0.453. The second-order valence-electron chi connectivity index (χ2n) is 7.38. The van der Waals surface area contributed by atoms with Crippen LogP contribution in [0.25, 0.3) is 11.0 Å². The fourth-order valence-electron chi connectivity index (χ4n) is 3.38. The van der Waals surface area contributed by atoms with Crippen molar-refractivity contribution < 1.29 is 18.7 Å². The average Bonchev–Trinajstić information content (AvgIpc) is 2.82. The topological polar surface area (TPSA) is 77.8 Å². The van der Waals surface area contributed by atoms with Crippen molar-refractivity contribution >= 4 is 22.6 Å². The van der Waals surface area contributed by atoms with E-state index in [1.54, 1.807) is 57.4 Å². The van der Waals surface area contributed by atoms with E-state index in [1.165, 1.54) is 0 Å². The van der Waals surface area contributed by atoms with Crippen LogP contribution in [-0.2, 0) is 6.61 Å². The highest BCUT2D eigenvalue weighted by molar-refractivity contribution is 6.13. The van der Waals surface area contributed by atoms with Crippen LogP contribution in [0.4, 0.5) is 5.69 Å². The van der Waals surface area contributed by atoms with E-state index in [0.29, 0.717) is 33.9 Å². The molecule has 1 heterocycles. The smallest absolute Gasteiger partial charge is 0.263 e. The summed E-state index contributed by atoms with van der Waals surface area (Å²) in [7, 11) is 1.58. The Morgan fingerprint density at radius 2 is 1.69 bits per heavy atom. The highest BCUT2D eigenvalue weighted by atomic mass is 16.5. The molecule has 4 rings (SSSR count). The van der Waals surface area contributed by atoms with Gasteiger partial charge in [0.1, 0.15) is 29.4 Å². The first-order chi connectivity index (χ1) is 15.5. The summed E-state index contributed by atoms with van der Waals surface area (Å²) in [4.78, 5) is 26.1. The number of methoxy groups -OCH3 is 1. The van der Waals surface area contributed by atoms with Crippen LogP contribution in [0.3, 0.4) is 0 Å². The Kier molecular flexibility index (Phi) is 5.94. The number of aryl methyl sites for hydroxylation is 1. The van der Waals surface area contributed by atoms with Gasteiger partial charge in [-0.2, -0.15) is 0 Å². The predicted molar refractivity (Wildman–Crippen MR) is 124 cm³/mol. The van der Waals surface area contributed by atoms with Crippen molar-refractivity contribution in [2.45, 2.75) is 20.5 Å². The van der Waals surface area contributed by atoms with Gasteiger partial charge in [0.05, 0.1) is 12.5 Å². The fraction of sp³-hybridized carbons (Fsp3) is 0.154. The number of hydrogen-bond donors (Lipinski definition) is 1. The molecule has 0 saturated carbocycles. The number of nitrogens with one attached hydrogen (secondary N) is 1. The van der Waals surface area contributed by atoms with Crippen molar-refractivity contribution in [3.8, 4) is 11.5 Å². The monoisotopic (exact) mass is 429 g/mol. The molecule has 6 heteroatoms. The number of ether oxygens (including phenoxy) is 2. The van der Waals surface area contributed by atoms with Crippen molar-refractivity contribution in [2.75, 3.05) is 12.4 Å². The summed E-state index contributed by atoms with van der Waals surface area (Å²) in [5, 5.41) is 3.19. The molecule has 1 amide bonds. The Labute approximate surface area is 185 Å². The zero-order chi connectivity index (χ0) is 22.7. The van der Waals surface area contributed by atoms with Gasteiger partial charge in [0.2, 0.25) is 0 Å². The Bertz CT molecular complexity index is 1320. The molecule has 0 aliphatic carbocycles. The third-order valence-electron chi connectivity index (χ3n) is 5.30. The van der Waals surface area contributed by atoms with Crippen molar-refractivity contribution in [1.82, 2.24) is 0 Å². The van der Waals surface area contributed by atoms with Gasteiger partial charge < -0.3 is 19.2 Å². The van der Waals surface area contributed by atoms with E-state index in [-0.39, 0.29) is 23.2 Å². The third kappa shape index (κ3) is 4.21. The van der Waals surface area contributed by atoms with E-state index < -0.39 is 5.91 Å². The van der Waals surface area contributed by atoms with Crippen molar-refractivity contribution in [1.29, 1.82) is 0 Å². The molecule has 4 aromatic rings. The van der Waals surface area contributed by atoms with E-state index in [2.05, 4.69) is 5.32 Å². The van der Waals surface area contributed by atoms with Gasteiger partial charge in [-0.25, -0.2) is 0 Å². The lowest BCUT2D eigenvalue weighted by molar-refractivity contribution is 0.102. The third-order valence-corrected chi connectivity index (χ3v) is 5.30. The molecule has 0 atom stereocenters. The van der Waals surface area contributed by atoms with Gasteiger partial charge in [0, 0.05) is 11.3 Å². The molecular weight excluding hydrogens is 406 g/mol. The molecule has 3 aromatic carbocycles. The summed E-state index contributed by atoms with van der Waals surface area (Å²) in [6, 6.07) is 19.9. The van der Waals surface area contributed by atoms with Crippen LogP contribution >= 0.6 is 0 Å². The summed E-state index contributed by atoms with van der Waals surface area (Å²) in [6.07, 6.45) is 0. The number of rotatable bonds is 6. The zero-order valence-corrected chi connectivity index (χ0v) is 18.1. The minimum absolute atomic E-state index is 0.170. The van der Waals surface area contributed by atoms with Crippen molar-refractivity contribution in [3.63, 3.8) is 0 Å². The SMILES string of the molecule is COc1ccc(NC(=O)c2c(OCc3ccccc3)ccc3c(=O)c(C)c(C)oc23)cc1. The number of benzene rings is 3. The van der Waals surface area contributed by atoms with E-state index in [4.69, 9.17) is 13.9 Å². The molecule has 0 saturated heterocycles. The zero-order valence-electron chi connectivity index (χ0n) is 18.1. The molecule has 1 aromatic heterocycles. The molecule has 6 nitrogen and oxygen atoms in total. The molecule has 162 valence electrons. The molecule has 0 bridgehead atoms. The van der Waals surface area contributed by atoms with Gasteiger partial charge in [0.15, 0.2) is 11.0 Å². The first kappa shape index (κ1) is 21.2. The maximum absolute atomic E-state index is 13.3. The van der Waals surface area contributed by atoms with Crippen LogP contribution in [0.15, 0.2) is 75.9 Å². The molecular formula is C26H23NO5. The summed E-state index contributed by atoms with van der Waals surface area (Å²) in [5.74, 6) is 1.03. The molecule has 0 radical (unpaired) electrons. The molecule has 0 fully saturated rings. The van der Waals surface area contributed by atoms with Gasteiger partial charge >= 0.3 is 0 Å². The Morgan fingerprint density at radius 1 is 0.969 bits per heavy atom. The maximum Gasteiger partial charge on any atom is 0.263 e. The van der Waals surface area contributed by atoms with Crippen LogP contribution in [0.5, 0.6) is 11.5 Å². The standard InChI is InChI=1S/C26H23NO5/c1-16-17(2)32-25-21(24(16)28)13-14-22(31-15-18-7-5-4-6-8-18)23(25)26(29)27-19-9-11-20(30-3)12-10-19/h4-14H,15H2,1-3H3,(H,27,29). The van der Waals surface area contributed by atoms with Crippen LogP contribution in [0, 0.1) is 13.8 Å². The highest BCUT2D eigenvalue weighted by Gasteiger charge is 2.22. The summed E-state index contributed by atoms with van der Waals surface area (Å²) in [6.45, 7) is 3.68. The van der Waals surface area contributed by atoms with Gasteiger partial charge in [-0.3, -0.25) is 9.59 Å². The van der Waals surface area contributed by atoms with Gasteiger partial charge in [-0.15, -0.1) is 0 Å². The number of carbonyl (C=O) groups is 1. The first-order valence-corrected chi connectivity index (χ1v) is 10.2. The van der Waals surface area contributed by atoms with Gasteiger partial charge in [-0.05, 0) is 55.8 Å². The highest BCUT2D eigenvalue weighted by Crippen LogP contribution is 2.30. The maximum atomic E-state index is 13.3. The van der Waals surface area contributed by atoms with E-state index in [9.17, 15) is 9.59 Å². The number of carbonyl (C=O) groups excluding carboxylic acids is 1. The van der Waals surface area contributed by atoms with E-state index >= 15 is 0 Å². The Hall–Kier alpha value is -4.06. The molecule has 0 spiro atoms. The minimum Gasteiger partial charge on any atom is -0.497 e. The summed E-state index contributed by atoms with van der Waals surface area (Å²) < 4.78 is 17.1. The van der Waals surface area contributed by atoms with Crippen LogP contribution in [-0.4, -0.2) is 13.0 Å². The molecule has 0 aliphatic heterocycles. The normalized spacial score (nSPS) is 10.7. The van der Waals surface area contributed by atoms with Crippen molar-refractivity contribution in [3.05, 3.63) is 99.4 Å². The Balaban J connectivity index is 1.78. The minimum atomic E-state index is -0.435. The van der Waals surface area contributed by atoms with Crippen LogP contribution in [0.2, 0.25) is 0 Å². The van der Waals surface area contributed by atoms with Gasteiger partial charge in [-0.1, -0.05) is 30.3 Å². The first-order valence-electron chi connectivity index (χ1n) is 10.2. The average molecular weight is 429 g/mol. The predicted octanol–water partition coefficient (Wildman–Crippen LogP) is 5.25. The summed E-state index contributed by atoms with van der Waals surface area (Å²) >= 11 is 0. The van der Waals surface area contributed by atoms with Crippen LogP contribution < -0.4 is 20.2 Å². The fourth-order valence-corrected chi connectivity index (χ4v) is 3.38. The lowest BCUT2D eigenvalue weighted by atomic mass is 10.1. The second-order valence-corrected chi connectivity index (χ2v) is 7.38. The van der Waals surface area contributed by atoms with Crippen LogP contribution in [0.1, 0.15) is 27.2 Å².